The second-order valence-corrected chi connectivity index (χ2v) is 5.19. The first-order valence-electron chi connectivity index (χ1n) is 6.79. The number of benzene rings is 1. The van der Waals surface area contributed by atoms with E-state index in [9.17, 15) is 4.79 Å². The van der Waals surface area contributed by atoms with Crippen molar-refractivity contribution in [3.8, 4) is 5.75 Å². The highest BCUT2D eigenvalue weighted by Gasteiger charge is 2.49. The number of hydrogen-bond donors (Lipinski definition) is 1. The Morgan fingerprint density at radius 3 is 2.68 bits per heavy atom. The molecule has 1 aromatic rings. The maximum Gasteiger partial charge on any atom is 0.230 e. The largest absolute Gasteiger partial charge is 0.494 e. The molecule has 104 valence electrons. The summed E-state index contributed by atoms with van der Waals surface area (Å²) in [6, 6.07) is 7.84. The Hall–Kier alpha value is -1.55. The summed E-state index contributed by atoms with van der Waals surface area (Å²) >= 11 is 0. The molecule has 1 saturated carbocycles. The van der Waals surface area contributed by atoms with E-state index in [1.165, 1.54) is 0 Å². The van der Waals surface area contributed by atoms with Gasteiger partial charge in [-0.3, -0.25) is 4.79 Å². The topological polar surface area (TPSA) is 55.6 Å². The van der Waals surface area contributed by atoms with E-state index in [2.05, 4.69) is 0 Å². The number of carbonyl (C=O) groups is 1. The summed E-state index contributed by atoms with van der Waals surface area (Å²) in [6.45, 7) is 3.60. The molecule has 2 N–H and O–H groups in total. The molecule has 1 amide bonds. The Labute approximate surface area is 114 Å². The maximum atomic E-state index is 12.3. The fraction of sp³-hybridized carbons (Fsp3) is 0.533. The van der Waals surface area contributed by atoms with Crippen LogP contribution in [0.1, 0.15) is 25.3 Å². The van der Waals surface area contributed by atoms with Crippen molar-refractivity contribution < 1.29 is 9.53 Å². The molecule has 0 saturated heterocycles. The highest BCUT2D eigenvalue weighted by Crippen LogP contribution is 2.46. The minimum absolute atomic E-state index is 0.154. The number of nitrogens with two attached hydrogens (primary N) is 1. The van der Waals surface area contributed by atoms with Gasteiger partial charge in [-0.1, -0.05) is 18.2 Å². The number of rotatable bonds is 6. The lowest BCUT2D eigenvalue weighted by molar-refractivity contribution is -0.135. The SMILES string of the molecule is CCOc1ccccc1CN(C)C(=O)C1(CN)CC1. The van der Waals surface area contributed by atoms with E-state index in [1.807, 2.05) is 38.2 Å². The van der Waals surface area contributed by atoms with Crippen molar-refractivity contribution in [2.24, 2.45) is 11.1 Å². The smallest absolute Gasteiger partial charge is 0.230 e. The van der Waals surface area contributed by atoms with Crippen molar-refractivity contribution in [1.29, 1.82) is 0 Å². The first-order chi connectivity index (χ1) is 9.13. The van der Waals surface area contributed by atoms with Gasteiger partial charge in [0.15, 0.2) is 0 Å². The Morgan fingerprint density at radius 1 is 1.42 bits per heavy atom. The summed E-state index contributed by atoms with van der Waals surface area (Å²) in [4.78, 5) is 14.1. The number of para-hydroxylation sites is 1. The van der Waals surface area contributed by atoms with Gasteiger partial charge in [0.2, 0.25) is 5.91 Å². The maximum absolute atomic E-state index is 12.3. The average molecular weight is 262 g/mol. The average Bonchev–Trinajstić information content (AvgIpc) is 3.21. The second kappa shape index (κ2) is 5.61. The molecular weight excluding hydrogens is 240 g/mol. The van der Waals surface area contributed by atoms with Gasteiger partial charge in [-0.05, 0) is 25.8 Å². The van der Waals surface area contributed by atoms with Crippen molar-refractivity contribution in [2.75, 3.05) is 20.2 Å². The Morgan fingerprint density at radius 2 is 2.11 bits per heavy atom. The van der Waals surface area contributed by atoms with E-state index in [-0.39, 0.29) is 11.3 Å². The molecule has 0 radical (unpaired) electrons. The zero-order valence-electron chi connectivity index (χ0n) is 11.7. The standard InChI is InChI=1S/C15H22N2O2/c1-3-19-13-7-5-4-6-12(13)10-17(2)14(18)15(11-16)8-9-15/h4-7H,3,8-11,16H2,1-2H3. The summed E-state index contributed by atoms with van der Waals surface area (Å²) in [6.07, 6.45) is 1.83. The van der Waals surface area contributed by atoms with Crippen LogP contribution in [0.4, 0.5) is 0 Å². The number of carbonyl (C=O) groups excluding carboxylic acids is 1. The van der Waals surface area contributed by atoms with E-state index in [1.54, 1.807) is 4.90 Å². The molecule has 0 aliphatic heterocycles. The lowest BCUT2D eigenvalue weighted by atomic mass is 10.1. The molecule has 4 nitrogen and oxygen atoms in total. The molecule has 1 aliphatic rings. The molecule has 19 heavy (non-hydrogen) atoms. The van der Waals surface area contributed by atoms with Crippen LogP contribution in [0.25, 0.3) is 0 Å². The first kappa shape index (κ1) is 13.9. The van der Waals surface area contributed by atoms with Crippen LogP contribution in [-0.4, -0.2) is 31.0 Å². The Bertz CT molecular complexity index is 455. The monoisotopic (exact) mass is 262 g/mol. The normalized spacial score (nSPS) is 15.9. The Kier molecular flexibility index (Phi) is 4.10. The van der Waals surface area contributed by atoms with Gasteiger partial charge in [0.25, 0.3) is 0 Å². The van der Waals surface area contributed by atoms with Gasteiger partial charge in [-0.25, -0.2) is 0 Å². The van der Waals surface area contributed by atoms with Gasteiger partial charge in [0.1, 0.15) is 5.75 Å². The van der Waals surface area contributed by atoms with E-state index < -0.39 is 0 Å². The fourth-order valence-corrected chi connectivity index (χ4v) is 2.32. The van der Waals surface area contributed by atoms with Crippen LogP contribution in [-0.2, 0) is 11.3 Å². The highest BCUT2D eigenvalue weighted by atomic mass is 16.5. The van der Waals surface area contributed by atoms with E-state index in [4.69, 9.17) is 10.5 Å². The summed E-state index contributed by atoms with van der Waals surface area (Å²) in [7, 11) is 1.83. The fourth-order valence-electron chi connectivity index (χ4n) is 2.32. The van der Waals surface area contributed by atoms with Crippen LogP contribution in [0, 0.1) is 5.41 Å². The lowest BCUT2D eigenvalue weighted by Gasteiger charge is -2.23. The van der Waals surface area contributed by atoms with Gasteiger partial charge in [0, 0.05) is 25.7 Å². The van der Waals surface area contributed by atoms with Crippen LogP contribution < -0.4 is 10.5 Å². The highest BCUT2D eigenvalue weighted by molar-refractivity contribution is 5.85. The van der Waals surface area contributed by atoms with Crippen molar-refractivity contribution >= 4 is 5.91 Å². The summed E-state index contributed by atoms with van der Waals surface area (Å²) in [5.74, 6) is 1.00. The van der Waals surface area contributed by atoms with Crippen LogP contribution in [0.2, 0.25) is 0 Å². The third-order valence-corrected chi connectivity index (χ3v) is 3.72. The second-order valence-electron chi connectivity index (χ2n) is 5.19. The molecule has 0 atom stereocenters. The number of nitrogens with zero attached hydrogens (tertiary/aromatic N) is 1. The van der Waals surface area contributed by atoms with Gasteiger partial charge in [0.05, 0.1) is 12.0 Å². The molecule has 0 spiro atoms. The van der Waals surface area contributed by atoms with Crippen LogP contribution >= 0.6 is 0 Å². The zero-order chi connectivity index (χ0) is 13.9. The third kappa shape index (κ3) is 2.89. The Balaban J connectivity index is 2.06. The van der Waals surface area contributed by atoms with Crippen molar-refractivity contribution in [2.45, 2.75) is 26.3 Å². The molecular formula is C15H22N2O2. The summed E-state index contributed by atoms with van der Waals surface area (Å²) in [5, 5.41) is 0. The molecule has 1 aromatic carbocycles. The lowest BCUT2D eigenvalue weighted by Crippen LogP contribution is -2.37. The number of ether oxygens (including phenoxy) is 1. The molecule has 0 aromatic heterocycles. The number of hydrogen-bond acceptors (Lipinski definition) is 3. The molecule has 2 rings (SSSR count). The summed E-state index contributed by atoms with van der Waals surface area (Å²) in [5.41, 5.74) is 6.46. The van der Waals surface area contributed by atoms with Crippen molar-refractivity contribution in [1.82, 2.24) is 4.90 Å². The van der Waals surface area contributed by atoms with E-state index in [0.29, 0.717) is 19.7 Å². The van der Waals surface area contributed by atoms with Gasteiger partial charge in [-0.2, -0.15) is 0 Å². The molecule has 0 heterocycles. The van der Waals surface area contributed by atoms with Gasteiger partial charge in [-0.15, -0.1) is 0 Å². The minimum Gasteiger partial charge on any atom is -0.494 e. The van der Waals surface area contributed by atoms with Crippen molar-refractivity contribution in [3.05, 3.63) is 29.8 Å². The molecule has 0 bridgehead atoms. The predicted octanol–water partition coefficient (Wildman–Crippen LogP) is 1.78. The zero-order valence-corrected chi connectivity index (χ0v) is 11.7. The first-order valence-corrected chi connectivity index (χ1v) is 6.79. The predicted molar refractivity (Wildman–Crippen MR) is 74.8 cm³/mol. The van der Waals surface area contributed by atoms with E-state index >= 15 is 0 Å². The third-order valence-electron chi connectivity index (χ3n) is 3.72. The van der Waals surface area contributed by atoms with Crippen molar-refractivity contribution in [3.63, 3.8) is 0 Å². The van der Waals surface area contributed by atoms with Crippen LogP contribution in [0.5, 0.6) is 5.75 Å². The number of amides is 1. The molecule has 1 aliphatic carbocycles. The van der Waals surface area contributed by atoms with E-state index in [0.717, 1.165) is 24.2 Å². The molecule has 4 heteroatoms. The van der Waals surface area contributed by atoms with Crippen LogP contribution in [0.15, 0.2) is 24.3 Å². The quantitative estimate of drug-likeness (QED) is 0.850. The van der Waals surface area contributed by atoms with Gasteiger partial charge < -0.3 is 15.4 Å². The summed E-state index contributed by atoms with van der Waals surface area (Å²) < 4.78 is 5.58. The molecule has 0 unspecified atom stereocenters. The van der Waals surface area contributed by atoms with Gasteiger partial charge >= 0.3 is 0 Å². The minimum atomic E-state index is -0.282. The van der Waals surface area contributed by atoms with Crippen LogP contribution in [0.3, 0.4) is 0 Å². The molecule has 1 fully saturated rings.